The number of carbonyl (C=O) groups excluding carboxylic acids is 2. The Hall–Kier alpha value is -2.69. The Morgan fingerprint density at radius 3 is 2.73 bits per heavy atom. The SMILES string of the molecule is O=C(CCN1C(=O)C(=Cc2cccc(Br)c2)SC1=S)Nc1ccc([O-])c(C(=O)O)c1. The highest BCUT2D eigenvalue weighted by molar-refractivity contribution is 9.10. The van der Waals surface area contributed by atoms with Gasteiger partial charge in [-0.25, -0.2) is 4.79 Å². The number of rotatable bonds is 6. The first-order chi connectivity index (χ1) is 14.2. The highest BCUT2D eigenvalue weighted by Gasteiger charge is 2.32. The highest BCUT2D eigenvalue weighted by Crippen LogP contribution is 2.33. The minimum Gasteiger partial charge on any atom is -0.872 e. The molecule has 0 spiro atoms. The molecule has 2 aromatic rings. The van der Waals surface area contributed by atoms with E-state index in [1.165, 1.54) is 22.7 Å². The Morgan fingerprint density at radius 1 is 1.27 bits per heavy atom. The molecular formula is C20H14BrN2O5S2-. The molecule has 10 heteroatoms. The summed E-state index contributed by atoms with van der Waals surface area (Å²) in [7, 11) is 0. The lowest BCUT2D eigenvalue weighted by molar-refractivity contribution is -0.268. The van der Waals surface area contributed by atoms with E-state index in [-0.39, 0.29) is 24.6 Å². The number of amides is 2. The second kappa shape index (κ2) is 9.41. The van der Waals surface area contributed by atoms with E-state index in [1.807, 2.05) is 24.3 Å². The number of carbonyl (C=O) groups is 3. The molecule has 1 saturated heterocycles. The summed E-state index contributed by atoms with van der Waals surface area (Å²) in [6.07, 6.45) is 1.69. The van der Waals surface area contributed by atoms with Crippen molar-refractivity contribution in [3.8, 4) is 5.75 Å². The van der Waals surface area contributed by atoms with Crippen LogP contribution in [-0.2, 0) is 9.59 Å². The zero-order chi connectivity index (χ0) is 21.8. The number of nitrogens with one attached hydrogen (secondary N) is 1. The molecule has 30 heavy (non-hydrogen) atoms. The van der Waals surface area contributed by atoms with Gasteiger partial charge in [-0.15, -0.1) is 0 Å². The number of carboxylic acids is 1. The number of thiocarbonyl (C=S) groups is 1. The molecule has 0 aromatic heterocycles. The van der Waals surface area contributed by atoms with Crippen LogP contribution in [0.5, 0.6) is 5.75 Å². The first-order valence-electron chi connectivity index (χ1n) is 8.60. The van der Waals surface area contributed by atoms with E-state index in [4.69, 9.17) is 17.3 Å². The van der Waals surface area contributed by atoms with Crippen LogP contribution in [0.25, 0.3) is 6.08 Å². The number of thioether (sulfide) groups is 1. The predicted molar refractivity (Wildman–Crippen MR) is 120 cm³/mol. The summed E-state index contributed by atoms with van der Waals surface area (Å²) in [5.74, 6) is -2.72. The first kappa shape index (κ1) is 22.0. The van der Waals surface area contributed by atoms with Gasteiger partial charge in [0, 0.05) is 23.1 Å². The summed E-state index contributed by atoms with van der Waals surface area (Å²) in [4.78, 5) is 37.7. The smallest absolute Gasteiger partial charge is 0.335 e. The average Bonchev–Trinajstić information content (AvgIpc) is 2.94. The Balaban J connectivity index is 1.62. The van der Waals surface area contributed by atoms with Gasteiger partial charge < -0.3 is 15.5 Å². The Bertz CT molecular complexity index is 1090. The van der Waals surface area contributed by atoms with Crippen LogP contribution >= 0.6 is 39.9 Å². The summed E-state index contributed by atoms with van der Waals surface area (Å²) < 4.78 is 1.25. The van der Waals surface area contributed by atoms with Gasteiger partial charge in [-0.05, 0) is 35.9 Å². The van der Waals surface area contributed by atoms with Gasteiger partial charge in [-0.3, -0.25) is 14.5 Å². The van der Waals surface area contributed by atoms with Crippen LogP contribution in [0.4, 0.5) is 5.69 Å². The topological polar surface area (TPSA) is 110 Å². The maximum absolute atomic E-state index is 12.6. The molecule has 0 aliphatic carbocycles. The molecule has 0 bridgehead atoms. The summed E-state index contributed by atoms with van der Waals surface area (Å²) in [5.41, 5.74) is 0.609. The van der Waals surface area contributed by atoms with Crippen molar-refractivity contribution in [3.63, 3.8) is 0 Å². The molecule has 1 fully saturated rings. The Kier molecular flexibility index (Phi) is 6.91. The molecule has 2 amide bonds. The number of carboxylic acid groups (broad SMARTS) is 1. The van der Waals surface area contributed by atoms with Crippen molar-refractivity contribution in [2.75, 3.05) is 11.9 Å². The largest absolute Gasteiger partial charge is 0.872 e. The summed E-state index contributed by atoms with van der Waals surface area (Å²) in [5, 5.41) is 23.0. The molecule has 0 saturated carbocycles. The summed E-state index contributed by atoms with van der Waals surface area (Å²) >= 11 is 9.81. The van der Waals surface area contributed by atoms with E-state index in [0.717, 1.165) is 22.2 Å². The molecule has 0 atom stereocenters. The minimum atomic E-state index is -1.37. The van der Waals surface area contributed by atoms with Gasteiger partial charge in [0.15, 0.2) is 0 Å². The van der Waals surface area contributed by atoms with Gasteiger partial charge in [0.25, 0.3) is 5.91 Å². The van der Waals surface area contributed by atoms with Crippen LogP contribution in [0.2, 0.25) is 0 Å². The molecule has 1 heterocycles. The van der Waals surface area contributed by atoms with Crippen molar-refractivity contribution >= 4 is 73.8 Å². The van der Waals surface area contributed by atoms with Crippen molar-refractivity contribution < 1.29 is 24.6 Å². The van der Waals surface area contributed by atoms with E-state index in [9.17, 15) is 19.5 Å². The fourth-order valence-electron chi connectivity index (χ4n) is 2.65. The van der Waals surface area contributed by atoms with E-state index in [2.05, 4.69) is 21.2 Å². The van der Waals surface area contributed by atoms with Crippen LogP contribution in [0.15, 0.2) is 51.8 Å². The molecule has 7 nitrogen and oxygen atoms in total. The summed E-state index contributed by atoms with van der Waals surface area (Å²) in [6.45, 7) is 0.0811. The Labute approximate surface area is 189 Å². The Morgan fingerprint density at radius 2 is 2.03 bits per heavy atom. The molecular weight excluding hydrogens is 492 g/mol. The van der Waals surface area contributed by atoms with Gasteiger partial charge in [-0.1, -0.05) is 63.9 Å². The third kappa shape index (κ3) is 5.26. The lowest BCUT2D eigenvalue weighted by Gasteiger charge is -2.15. The van der Waals surface area contributed by atoms with Crippen molar-refractivity contribution in [2.24, 2.45) is 0 Å². The molecule has 1 aliphatic heterocycles. The quantitative estimate of drug-likeness (QED) is 0.456. The fraction of sp³-hybridized carbons (Fsp3) is 0.100. The maximum Gasteiger partial charge on any atom is 0.335 e. The van der Waals surface area contributed by atoms with Gasteiger partial charge >= 0.3 is 5.97 Å². The minimum absolute atomic E-state index is 0.0435. The van der Waals surface area contributed by atoms with Crippen LogP contribution < -0.4 is 10.4 Å². The molecule has 1 aliphatic rings. The van der Waals surface area contributed by atoms with Crippen molar-refractivity contribution in [1.82, 2.24) is 4.90 Å². The van der Waals surface area contributed by atoms with Gasteiger partial charge in [0.05, 0.1) is 10.5 Å². The standard InChI is InChI=1S/C20H15BrN2O5S2/c21-12-3-1-2-11(8-12)9-16-18(26)23(20(29)30-16)7-6-17(25)22-13-4-5-15(24)14(10-13)19(27)28/h1-5,8-10,24H,6-7H2,(H,22,25)(H,27,28)/p-1. The molecule has 0 radical (unpaired) electrons. The highest BCUT2D eigenvalue weighted by atomic mass is 79.9. The zero-order valence-electron chi connectivity index (χ0n) is 15.3. The van der Waals surface area contributed by atoms with Crippen molar-refractivity contribution in [3.05, 3.63) is 63.0 Å². The van der Waals surface area contributed by atoms with Crippen molar-refractivity contribution in [1.29, 1.82) is 0 Å². The molecule has 0 unspecified atom stereocenters. The second-order valence-corrected chi connectivity index (χ2v) is 8.79. The number of aromatic carboxylic acids is 1. The number of anilines is 1. The number of hydrogen-bond donors (Lipinski definition) is 2. The van der Waals surface area contributed by atoms with Crippen LogP contribution in [0.3, 0.4) is 0 Å². The number of nitrogens with zero attached hydrogens (tertiary/aromatic N) is 1. The fourth-order valence-corrected chi connectivity index (χ4v) is 4.38. The molecule has 2 aromatic carbocycles. The zero-order valence-corrected chi connectivity index (χ0v) is 18.5. The lowest BCUT2D eigenvalue weighted by Crippen LogP contribution is -2.31. The van der Waals surface area contributed by atoms with Crippen LogP contribution in [-0.4, -0.2) is 38.7 Å². The second-order valence-electron chi connectivity index (χ2n) is 6.20. The van der Waals surface area contributed by atoms with Crippen LogP contribution in [0.1, 0.15) is 22.3 Å². The molecule has 3 rings (SSSR count). The average molecular weight is 506 g/mol. The third-order valence-corrected chi connectivity index (χ3v) is 5.95. The van der Waals surface area contributed by atoms with Gasteiger partial charge in [0.1, 0.15) is 4.32 Å². The normalized spacial score (nSPS) is 15.0. The van der Waals surface area contributed by atoms with Gasteiger partial charge in [0.2, 0.25) is 5.91 Å². The predicted octanol–water partition coefficient (Wildman–Crippen LogP) is 3.45. The first-order valence-corrected chi connectivity index (χ1v) is 10.6. The molecule has 154 valence electrons. The monoisotopic (exact) mass is 505 g/mol. The summed E-state index contributed by atoms with van der Waals surface area (Å²) in [6, 6.07) is 11.0. The van der Waals surface area contributed by atoms with Gasteiger partial charge in [-0.2, -0.15) is 0 Å². The van der Waals surface area contributed by atoms with Crippen LogP contribution in [0, 0.1) is 0 Å². The number of benzene rings is 2. The van der Waals surface area contributed by atoms with Crippen molar-refractivity contribution in [2.45, 2.75) is 6.42 Å². The maximum atomic E-state index is 12.6. The third-order valence-electron chi connectivity index (χ3n) is 4.08. The number of halogens is 1. The number of hydrogen-bond acceptors (Lipinski definition) is 6. The van der Waals surface area contributed by atoms with E-state index in [0.29, 0.717) is 9.23 Å². The van der Waals surface area contributed by atoms with E-state index >= 15 is 0 Å². The lowest BCUT2D eigenvalue weighted by atomic mass is 10.1. The van der Waals surface area contributed by atoms with E-state index in [1.54, 1.807) is 6.08 Å². The van der Waals surface area contributed by atoms with E-state index < -0.39 is 23.2 Å². The molecule has 2 N–H and O–H groups in total.